The normalized spacial score (nSPS) is 22.0. The number of likely N-dealkylation sites (tertiary alicyclic amines) is 1. The Labute approximate surface area is 49.9 Å². The topological polar surface area (TPSA) is 7.60 Å². The van der Waals surface area contributed by atoms with E-state index in [1.54, 1.807) is 0 Å². The first kappa shape index (κ1) is 5.58. The molecule has 0 N–H and O–H groups in total. The van der Waals surface area contributed by atoms with E-state index in [1.807, 2.05) is 0 Å². The van der Waals surface area contributed by atoms with Crippen molar-refractivity contribution >= 4 is 0 Å². The lowest BCUT2D eigenvalue weighted by atomic mass is 10.0. The van der Waals surface area contributed by atoms with Gasteiger partial charge < -0.3 is 9.74 Å². The van der Waals surface area contributed by atoms with Gasteiger partial charge in [0.2, 0.25) is 6.54 Å². The van der Waals surface area contributed by atoms with Crippen molar-refractivity contribution in [1.82, 2.24) is 4.90 Å². The maximum absolute atomic E-state index is 6.54. The lowest BCUT2D eigenvalue weighted by molar-refractivity contribution is 0.147. The van der Waals surface area contributed by atoms with E-state index in [9.17, 15) is 0 Å². The van der Waals surface area contributed by atoms with Crippen LogP contribution in [0.5, 0.6) is 0 Å². The lowest BCUT2D eigenvalue weighted by Gasteiger charge is -2.32. The summed E-state index contributed by atoms with van der Waals surface area (Å²) in [5.74, 6) is 0.678. The molecule has 1 aliphatic heterocycles. The number of hydrogen-bond donors (Lipinski definition) is 0. The van der Waals surface area contributed by atoms with Crippen LogP contribution >= 0.6 is 0 Å². The summed E-state index contributed by atoms with van der Waals surface area (Å²) in [4.78, 5) is 5.55. The highest BCUT2D eigenvalue weighted by atomic mass is 15.2. The highest BCUT2D eigenvalue weighted by molar-refractivity contribution is 4.82. The number of rotatable bonds is 1. The van der Waals surface area contributed by atoms with Crippen molar-refractivity contribution in [2.75, 3.05) is 26.7 Å². The van der Waals surface area contributed by atoms with Crippen molar-refractivity contribution in [2.45, 2.75) is 0 Å². The predicted octanol–water partition coefficient (Wildman–Crippen LogP) is 0.467. The molecule has 1 saturated heterocycles. The summed E-state index contributed by atoms with van der Waals surface area (Å²) in [5.41, 5.74) is 0. The first-order valence-corrected chi connectivity index (χ1v) is 2.84. The standard InChI is InChI=1S/C6H10N2/c1-7-3-6-4-8(2)5-6/h6H,3-5H2,2H3. The van der Waals surface area contributed by atoms with Crippen LogP contribution in [0.3, 0.4) is 0 Å². The van der Waals surface area contributed by atoms with Gasteiger partial charge in [-0.3, -0.25) is 0 Å². The first-order valence-electron chi connectivity index (χ1n) is 2.84. The van der Waals surface area contributed by atoms with E-state index in [-0.39, 0.29) is 0 Å². The molecule has 8 heavy (non-hydrogen) atoms. The van der Waals surface area contributed by atoms with E-state index in [0.717, 1.165) is 19.6 Å². The van der Waals surface area contributed by atoms with Crippen molar-refractivity contribution in [2.24, 2.45) is 5.92 Å². The van der Waals surface area contributed by atoms with Gasteiger partial charge in [-0.05, 0) is 7.05 Å². The monoisotopic (exact) mass is 110 g/mol. The fraction of sp³-hybridized carbons (Fsp3) is 0.833. The molecule has 44 valence electrons. The molecular weight excluding hydrogens is 100 g/mol. The molecule has 0 spiro atoms. The second kappa shape index (κ2) is 2.15. The summed E-state index contributed by atoms with van der Waals surface area (Å²) in [6, 6.07) is 0. The molecule has 0 aromatic rings. The Morgan fingerprint density at radius 2 is 2.38 bits per heavy atom. The van der Waals surface area contributed by atoms with Crippen LogP contribution in [-0.2, 0) is 0 Å². The highest BCUT2D eigenvalue weighted by Gasteiger charge is 2.24. The second-order valence-corrected chi connectivity index (χ2v) is 2.43. The molecule has 2 heteroatoms. The van der Waals surface area contributed by atoms with Crippen LogP contribution in [0.2, 0.25) is 0 Å². The van der Waals surface area contributed by atoms with Gasteiger partial charge in [-0.2, -0.15) is 0 Å². The number of hydrogen-bond acceptors (Lipinski definition) is 1. The zero-order chi connectivity index (χ0) is 5.98. The fourth-order valence-electron chi connectivity index (χ4n) is 1.07. The van der Waals surface area contributed by atoms with Gasteiger partial charge >= 0.3 is 0 Å². The van der Waals surface area contributed by atoms with Crippen molar-refractivity contribution in [3.63, 3.8) is 0 Å². The van der Waals surface area contributed by atoms with Gasteiger partial charge in [0.1, 0.15) is 0 Å². The average Bonchev–Trinajstić information content (AvgIpc) is 1.64. The van der Waals surface area contributed by atoms with Crippen LogP contribution < -0.4 is 0 Å². The summed E-state index contributed by atoms with van der Waals surface area (Å²) in [6.45, 7) is 9.52. The van der Waals surface area contributed by atoms with Crippen molar-refractivity contribution < 1.29 is 0 Å². The maximum Gasteiger partial charge on any atom is 0.219 e. The molecule has 0 bridgehead atoms. The molecule has 1 aliphatic rings. The third kappa shape index (κ3) is 0.988. The minimum atomic E-state index is 0.678. The molecule has 0 aromatic carbocycles. The van der Waals surface area contributed by atoms with Crippen LogP contribution in [-0.4, -0.2) is 31.6 Å². The van der Waals surface area contributed by atoms with E-state index in [4.69, 9.17) is 6.57 Å². The van der Waals surface area contributed by atoms with Gasteiger partial charge in [-0.25, -0.2) is 6.57 Å². The Morgan fingerprint density at radius 3 is 2.75 bits per heavy atom. The minimum absolute atomic E-state index is 0.678. The molecule has 0 aromatic heterocycles. The van der Waals surface area contributed by atoms with Crippen molar-refractivity contribution in [3.8, 4) is 0 Å². The number of nitrogens with zero attached hydrogens (tertiary/aromatic N) is 2. The van der Waals surface area contributed by atoms with Crippen LogP contribution in [0.1, 0.15) is 0 Å². The third-order valence-electron chi connectivity index (χ3n) is 1.49. The molecule has 0 radical (unpaired) electrons. The Morgan fingerprint density at radius 1 is 1.75 bits per heavy atom. The summed E-state index contributed by atoms with van der Waals surface area (Å²) in [5, 5.41) is 0. The molecule has 1 fully saturated rings. The zero-order valence-corrected chi connectivity index (χ0v) is 5.09. The van der Waals surface area contributed by atoms with E-state index in [0.29, 0.717) is 5.92 Å². The van der Waals surface area contributed by atoms with E-state index in [2.05, 4.69) is 16.8 Å². The molecule has 0 amide bonds. The summed E-state index contributed by atoms with van der Waals surface area (Å²) in [6.07, 6.45) is 0. The molecular formula is C6H10N2. The smallest absolute Gasteiger partial charge is 0.219 e. The third-order valence-corrected chi connectivity index (χ3v) is 1.49. The Hall–Kier alpha value is -0.550. The van der Waals surface area contributed by atoms with Crippen LogP contribution in [0.15, 0.2) is 0 Å². The van der Waals surface area contributed by atoms with Crippen LogP contribution in [0.4, 0.5) is 0 Å². The summed E-state index contributed by atoms with van der Waals surface area (Å²) < 4.78 is 0. The van der Waals surface area contributed by atoms with Gasteiger partial charge in [0, 0.05) is 13.1 Å². The van der Waals surface area contributed by atoms with E-state index >= 15 is 0 Å². The SMILES string of the molecule is [C-]#[N+]CC1CN(C)C1. The van der Waals surface area contributed by atoms with Gasteiger partial charge in [0.05, 0.1) is 5.92 Å². The summed E-state index contributed by atoms with van der Waals surface area (Å²) in [7, 11) is 2.08. The Bertz CT molecular complexity index is 108. The second-order valence-electron chi connectivity index (χ2n) is 2.43. The predicted molar refractivity (Wildman–Crippen MR) is 32.5 cm³/mol. The maximum atomic E-state index is 6.54. The van der Waals surface area contributed by atoms with Gasteiger partial charge in [0.15, 0.2) is 0 Å². The van der Waals surface area contributed by atoms with Gasteiger partial charge in [-0.1, -0.05) is 0 Å². The minimum Gasteiger partial charge on any atom is -0.317 e. The molecule has 0 atom stereocenters. The van der Waals surface area contributed by atoms with Crippen molar-refractivity contribution in [1.29, 1.82) is 0 Å². The van der Waals surface area contributed by atoms with Gasteiger partial charge in [0.25, 0.3) is 0 Å². The largest absolute Gasteiger partial charge is 0.317 e. The molecule has 0 aliphatic carbocycles. The van der Waals surface area contributed by atoms with E-state index < -0.39 is 0 Å². The Kier molecular flexibility index (Phi) is 1.50. The molecule has 2 nitrogen and oxygen atoms in total. The fourth-order valence-corrected chi connectivity index (χ4v) is 1.07. The average molecular weight is 110 g/mol. The lowest BCUT2D eigenvalue weighted by Crippen LogP contribution is -2.44. The molecule has 0 unspecified atom stereocenters. The van der Waals surface area contributed by atoms with Crippen molar-refractivity contribution in [3.05, 3.63) is 11.4 Å². The molecule has 0 saturated carbocycles. The van der Waals surface area contributed by atoms with E-state index in [1.165, 1.54) is 0 Å². The highest BCUT2D eigenvalue weighted by Crippen LogP contribution is 2.11. The van der Waals surface area contributed by atoms with Gasteiger partial charge in [-0.15, -0.1) is 0 Å². The molecule has 1 heterocycles. The Balaban J connectivity index is 2.09. The quantitative estimate of drug-likeness (QED) is 0.445. The van der Waals surface area contributed by atoms with Crippen LogP contribution in [0.25, 0.3) is 4.85 Å². The first-order chi connectivity index (χ1) is 3.83. The zero-order valence-electron chi connectivity index (χ0n) is 5.09. The summed E-state index contributed by atoms with van der Waals surface area (Å²) >= 11 is 0. The molecule has 1 rings (SSSR count). The van der Waals surface area contributed by atoms with Crippen LogP contribution in [0, 0.1) is 12.5 Å².